The molecule has 0 aliphatic heterocycles. The lowest BCUT2D eigenvalue weighted by molar-refractivity contribution is -0.113. The van der Waals surface area contributed by atoms with Gasteiger partial charge >= 0.3 is 0 Å². The van der Waals surface area contributed by atoms with E-state index in [4.69, 9.17) is 5.26 Å². The molecule has 0 saturated carbocycles. The zero-order valence-corrected chi connectivity index (χ0v) is 7.21. The first-order valence-electron chi connectivity index (χ1n) is 3.43. The number of hydrogen-bond acceptors (Lipinski definition) is 3. The largest absolute Gasteiger partial charge is 0.282 e. The quantitative estimate of drug-likeness (QED) is 0.550. The topological polar surface area (TPSA) is 40.9 Å². The molecule has 3 heteroatoms. The fourth-order valence-corrected chi connectivity index (χ4v) is 0.988. The van der Waals surface area contributed by atoms with Crippen molar-refractivity contribution in [3.05, 3.63) is 29.8 Å². The summed E-state index contributed by atoms with van der Waals surface area (Å²) in [5, 5.41) is 8.24. The summed E-state index contributed by atoms with van der Waals surface area (Å²) in [6, 6.07) is 8.74. The van der Waals surface area contributed by atoms with Crippen LogP contribution in [0.5, 0.6) is 0 Å². The second-order valence-corrected chi connectivity index (χ2v) is 2.89. The van der Waals surface area contributed by atoms with Crippen LogP contribution in [-0.2, 0) is 11.2 Å². The summed E-state index contributed by atoms with van der Waals surface area (Å²) < 4.78 is 0. The van der Waals surface area contributed by atoms with Crippen LogP contribution in [0.15, 0.2) is 29.2 Å². The molecular weight excluding hydrogens is 170 g/mol. The van der Waals surface area contributed by atoms with Gasteiger partial charge in [0, 0.05) is 11.3 Å². The molecule has 0 radical (unpaired) electrons. The van der Waals surface area contributed by atoms with Crippen molar-refractivity contribution in [1.29, 1.82) is 5.26 Å². The average molecular weight is 177 g/mol. The van der Waals surface area contributed by atoms with E-state index in [-0.39, 0.29) is 6.42 Å². The third-order valence-electron chi connectivity index (χ3n) is 1.43. The monoisotopic (exact) mass is 177 g/mol. The van der Waals surface area contributed by atoms with Crippen LogP contribution in [0.4, 0.5) is 0 Å². The summed E-state index contributed by atoms with van der Waals surface area (Å²) in [5.41, 5.74) is 0.847. The van der Waals surface area contributed by atoms with Crippen molar-refractivity contribution in [2.45, 2.75) is 11.3 Å². The van der Waals surface area contributed by atoms with Crippen molar-refractivity contribution in [3.8, 4) is 6.07 Å². The molecule has 0 aromatic heterocycles. The summed E-state index contributed by atoms with van der Waals surface area (Å²) in [6.07, 6.45) is 0.185. The Balaban J connectivity index is 2.73. The molecule has 1 aromatic carbocycles. The molecule has 0 amide bonds. The average Bonchev–Trinajstić information content (AvgIpc) is 2.09. The maximum Gasteiger partial charge on any atom is 0.236 e. The molecule has 0 N–H and O–H groups in total. The molecule has 2 nitrogen and oxygen atoms in total. The third-order valence-corrected chi connectivity index (χ3v) is 1.72. The van der Waals surface area contributed by atoms with E-state index in [2.05, 4.69) is 12.6 Å². The molecule has 0 aliphatic carbocycles. The number of nitrogens with zero attached hydrogens (tertiary/aromatic N) is 1. The number of thiol groups is 1. The minimum absolute atomic E-state index is 0.185. The number of nitriles is 1. The van der Waals surface area contributed by atoms with E-state index in [9.17, 15) is 4.79 Å². The molecule has 0 unspecified atom stereocenters. The molecule has 12 heavy (non-hydrogen) atoms. The van der Waals surface area contributed by atoms with E-state index in [0.717, 1.165) is 10.5 Å². The van der Waals surface area contributed by atoms with E-state index in [1.165, 1.54) is 0 Å². The van der Waals surface area contributed by atoms with Gasteiger partial charge < -0.3 is 0 Å². The lowest BCUT2D eigenvalue weighted by Crippen LogP contribution is -1.97. The third kappa shape index (κ3) is 2.40. The minimum atomic E-state index is -0.415. The number of hydrogen-bond donors (Lipinski definition) is 1. The van der Waals surface area contributed by atoms with Gasteiger partial charge in [0.05, 0.1) is 0 Å². The van der Waals surface area contributed by atoms with Gasteiger partial charge in [0.1, 0.15) is 6.07 Å². The summed E-state index contributed by atoms with van der Waals surface area (Å²) in [4.78, 5) is 11.5. The first-order valence-corrected chi connectivity index (χ1v) is 3.88. The van der Waals surface area contributed by atoms with Crippen molar-refractivity contribution >= 4 is 18.4 Å². The smallest absolute Gasteiger partial charge is 0.236 e. The van der Waals surface area contributed by atoms with Gasteiger partial charge in [0.2, 0.25) is 5.78 Å². The number of benzene rings is 1. The van der Waals surface area contributed by atoms with Crippen LogP contribution in [0.3, 0.4) is 0 Å². The molecule has 0 spiro atoms. The van der Waals surface area contributed by atoms with Crippen molar-refractivity contribution in [2.75, 3.05) is 0 Å². The van der Waals surface area contributed by atoms with Crippen LogP contribution in [0, 0.1) is 11.3 Å². The zero-order valence-electron chi connectivity index (χ0n) is 6.32. The summed E-state index contributed by atoms with van der Waals surface area (Å²) in [7, 11) is 0. The van der Waals surface area contributed by atoms with Crippen LogP contribution >= 0.6 is 12.6 Å². The highest BCUT2D eigenvalue weighted by Crippen LogP contribution is 2.08. The second kappa shape index (κ2) is 3.93. The van der Waals surface area contributed by atoms with E-state index < -0.39 is 5.78 Å². The molecule has 0 saturated heterocycles. The first-order chi connectivity index (χ1) is 5.72. The number of ketones is 1. The summed E-state index contributed by atoms with van der Waals surface area (Å²) in [6.45, 7) is 0. The standard InChI is InChI=1S/C9H7NOS/c10-6-8(11)5-7-1-3-9(12)4-2-7/h1-4,12H,5H2. The highest BCUT2D eigenvalue weighted by Gasteiger charge is 2.00. The summed E-state index contributed by atoms with van der Waals surface area (Å²) >= 11 is 4.10. The SMILES string of the molecule is N#CC(=O)Cc1ccc(S)cc1. The van der Waals surface area contributed by atoms with Crippen molar-refractivity contribution in [3.63, 3.8) is 0 Å². The van der Waals surface area contributed by atoms with Crippen LogP contribution in [-0.4, -0.2) is 5.78 Å². The van der Waals surface area contributed by atoms with E-state index in [0.29, 0.717) is 0 Å². The highest BCUT2D eigenvalue weighted by atomic mass is 32.1. The maximum atomic E-state index is 10.7. The van der Waals surface area contributed by atoms with E-state index >= 15 is 0 Å². The van der Waals surface area contributed by atoms with E-state index in [1.807, 2.05) is 0 Å². The van der Waals surface area contributed by atoms with Gasteiger partial charge in [-0.1, -0.05) is 12.1 Å². The molecule has 1 rings (SSSR count). The Labute approximate surface area is 76.2 Å². The van der Waals surface area contributed by atoms with Crippen LogP contribution in [0.25, 0.3) is 0 Å². The van der Waals surface area contributed by atoms with Gasteiger partial charge in [-0.25, -0.2) is 0 Å². The zero-order chi connectivity index (χ0) is 8.97. The maximum absolute atomic E-state index is 10.7. The van der Waals surface area contributed by atoms with Crippen molar-refractivity contribution < 1.29 is 4.79 Å². The Morgan fingerprint density at radius 3 is 2.50 bits per heavy atom. The van der Waals surface area contributed by atoms with Gasteiger partial charge in [-0.05, 0) is 17.7 Å². The van der Waals surface area contributed by atoms with Crippen molar-refractivity contribution in [2.24, 2.45) is 0 Å². The molecule has 60 valence electrons. The lowest BCUT2D eigenvalue weighted by Gasteiger charge is -1.95. The predicted molar refractivity (Wildman–Crippen MR) is 48.0 cm³/mol. The van der Waals surface area contributed by atoms with Crippen LogP contribution in [0.1, 0.15) is 5.56 Å². The van der Waals surface area contributed by atoms with Gasteiger partial charge in [0.25, 0.3) is 0 Å². The Kier molecular flexibility index (Phi) is 2.89. The number of Topliss-reactive ketones (excluding diaryl/α,β-unsaturated/α-hetero) is 1. The molecule has 1 aromatic rings. The Morgan fingerprint density at radius 2 is 2.00 bits per heavy atom. The number of carbonyl (C=O) groups excluding carboxylic acids is 1. The summed E-state index contributed by atoms with van der Waals surface area (Å²) in [5.74, 6) is -0.415. The Morgan fingerprint density at radius 1 is 1.42 bits per heavy atom. The Hall–Kier alpha value is -1.27. The number of rotatable bonds is 2. The molecule has 0 heterocycles. The highest BCUT2D eigenvalue weighted by molar-refractivity contribution is 7.80. The van der Waals surface area contributed by atoms with Gasteiger partial charge in [-0.3, -0.25) is 4.79 Å². The van der Waals surface area contributed by atoms with Gasteiger partial charge in [0.15, 0.2) is 0 Å². The molecule has 0 fully saturated rings. The van der Waals surface area contributed by atoms with E-state index in [1.54, 1.807) is 30.3 Å². The first kappa shape index (κ1) is 8.82. The Bertz CT molecular complexity index is 323. The molecule has 0 bridgehead atoms. The fourth-order valence-electron chi connectivity index (χ4n) is 0.839. The molecular formula is C9H7NOS. The molecule has 0 aliphatic rings. The normalized spacial score (nSPS) is 9.00. The van der Waals surface area contributed by atoms with Gasteiger partial charge in [-0.15, -0.1) is 12.6 Å². The minimum Gasteiger partial charge on any atom is -0.282 e. The van der Waals surface area contributed by atoms with Gasteiger partial charge in [-0.2, -0.15) is 5.26 Å². The second-order valence-electron chi connectivity index (χ2n) is 2.38. The number of carbonyl (C=O) groups is 1. The fraction of sp³-hybridized carbons (Fsp3) is 0.111. The lowest BCUT2D eigenvalue weighted by atomic mass is 10.1. The predicted octanol–water partition coefficient (Wildman–Crippen LogP) is 1.61. The molecule has 0 atom stereocenters. The van der Waals surface area contributed by atoms with Crippen LogP contribution in [0.2, 0.25) is 0 Å². The van der Waals surface area contributed by atoms with Crippen molar-refractivity contribution in [1.82, 2.24) is 0 Å². The van der Waals surface area contributed by atoms with Crippen LogP contribution < -0.4 is 0 Å².